The van der Waals surface area contributed by atoms with Crippen molar-refractivity contribution in [3.05, 3.63) is 141 Å². The summed E-state index contributed by atoms with van der Waals surface area (Å²) in [6.07, 6.45) is 0. The molecule has 0 N–H and O–H groups in total. The minimum atomic E-state index is -2.35. The Balaban J connectivity index is 1.78. The van der Waals surface area contributed by atoms with Crippen LogP contribution in [0.3, 0.4) is 0 Å². The van der Waals surface area contributed by atoms with Crippen molar-refractivity contribution in [2.75, 3.05) is 0 Å². The zero-order chi connectivity index (χ0) is 32.5. The summed E-state index contributed by atoms with van der Waals surface area (Å²) in [5.41, 5.74) is -2.93. The average molecular weight is 641 g/mol. The van der Waals surface area contributed by atoms with Crippen LogP contribution in [-0.4, -0.2) is 20.6 Å². The molecule has 0 atom stereocenters. The van der Waals surface area contributed by atoms with E-state index in [1.807, 2.05) is 18.7 Å². The molecule has 0 spiro atoms. The predicted octanol–water partition coefficient (Wildman–Crippen LogP) is 8.49. The zero-order valence-electron chi connectivity index (χ0n) is 23.1. The van der Waals surface area contributed by atoms with Crippen molar-refractivity contribution in [3.63, 3.8) is 0 Å². The second-order valence-corrected chi connectivity index (χ2v) is 12.6. The van der Waals surface area contributed by atoms with Crippen LogP contribution in [0, 0.1) is 58.2 Å². The van der Waals surface area contributed by atoms with Crippen molar-refractivity contribution in [2.24, 2.45) is 0 Å². The van der Waals surface area contributed by atoms with Gasteiger partial charge in [0, 0.05) is 0 Å². The Labute approximate surface area is 251 Å². The van der Waals surface area contributed by atoms with E-state index >= 15 is 17.6 Å². The van der Waals surface area contributed by atoms with Crippen molar-refractivity contribution in [2.45, 2.75) is 13.5 Å². The first-order valence-corrected chi connectivity index (χ1v) is 15.4. The van der Waals surface area contributed by atoms with E-state index in [0.717, 1.165) is 11.3 Å². The van der Waals surface area contributed by atoms with E-state index in [1.54, 1.807) is 24.7 Å². The van der Waals surface area contributed by atoms with E-state index in [4.69, 9.17) is 0 Å². The van der Waals surface area contributed by atoms with Crippen LogP contribution in [-0.2, 0) is 0 Å². The van der Waals surface area contributed by atoms with Crippen LogP contribution in [0.5, 0.6) is 0 Å². The molecule has 0 amide bonds. The molecule has 5 aromatic rings. The number of hydrogen-bond donors (Lipinski definition) is 0. The Kier molecular flexibility index (Phi) is 7.59. The van der Waals surface area contributed by atoms with Crippen LogP contribution in [0.4, 0.5) is 43.9 Å². The Morgan fingerprint density at radius 3 is 1.47 bits per heavy atom. The molecule has 12 heteroatoms. The van der Waals surface area contributed by atoms with Crippen molar-refractivity contribution in [3.8, 4) is 11.1 Å². The van der Waals surface area contributed by atoms with Crippen LogP contribution >= 0.6 is 0 Å². The van der Waals surface area contributed by atoms with Gasteiger partial charge in [0.25, 0.3) is 0 Å². The molecule has 225 valence electrons. The van der Waals surface area contributed by atoms with Gasteiger partial charge in [0.15, 0.2) is 0 Å². The molecule has 1 aliphatic rings. The quantitative estimate of drug-likeness (QED) is 0.0800. The fraction of sp³-hybridized carbons (Fsp3) is 0.0606. The molecule has 1 radical (unpaired) electrons. The maximum atomic E-state index is 15.4. The number of hydrogen-bond acceptors (Lipinski definition) is 0. The number of benzene rings is 5. The Morgan fingerprint density at radius 1 is 0.489 bits per heavy atom. The first-order chi connectivity index (χ1) is 21.4. The van der Waals surface area contributed by atoms with E-state index in [2.05, 4.69) is 0 Å². The third-order valence-electron chi connectivity index (χ3n) is 7.89. The van der Waals surface area contributed by atoms with E-state index in [1.165, 1.54) is 31.2 Å². The van der Waals surface area contributed by atoms with E-state index in [-0.39, 0.29) is 38.5 Å². The Morgan fingerprint density at radius 2 is 0.933 bits per heavy atom. The number of allylic oxidation sites excluding steroid dienone is 1. The molecule has 0 saturated heterocycles. The molecule has 0 heterocycles. The minimum absolute atomic E-state index is 0.0141. The van der Waals surface area contributed by atoms with Gasteiger partial charge in [-0.05, 0) is 0 Å². The molecule has 0 saturated carbocycles. The molecular formula is C33H16BF10Si. The number of fused-ring (bicyclic) bond motifs is 3. The SMILES string of the molecule is CC1=C(c2c(F)c(F)c(F)c(F)c2F)c2c(cc(-c3c(F)c(F)c(F)c(F)c3F)c3ccccc23)C1=B[Si](C)c1ccccc1. The van der Waals surface area contributed by atoms with Crippen LogP contribution in [0.1, 0.15) is 23.6 Å². The van der Waals surface area contributed by atoms with E-state index < -0.39 is 83.5 Å². The fourth-order valence-corrected chi connectivity index (χ4v) is 7.44. The van der Waals surface area contributed by atoms with Crippen molar-refractivity contribution in [1.82, 2.24) is 0 Å². The van der Waals surface area contributed by atoms with Gasteiger partial charge in [0.1, 0.15) is 0 Å². The maximum absolute atomic E-state index is 15.4. The van der Waals surface area contributed by atoms with Crippen molar-refractivity contribution >= 4 is 42.2 Å². The molecule has 0 unspecified atom stereocenters. The molecule has 1 aliphatic carbocycles. The van der Waals surface area contributed by atoms with Gasteiger partial charge in [-0.3, -0.25) is 0 Å². The molecule has 0 aliphatic heterocycles. The summed E-state index contributed by atoms with van der Waals surface area (Å²) in [4.78, 5) is 0. The second kappa shape index (κ2) is 11.2. The van der Waals surface area contributed by atoms with Crippen LogP contribution < -0.4 is 5.19 Å². The normalized spacial score (nSPS) is 13.8. The van der Waals surface area contributed by atoms with Gasteiger partial charge in [-0.1, -0.05) is 0 Å². The van der Waals surface area contributed by atoms with Crippen LogP contribution in [0.2, 0.25) is 6.55 Å². The summed E-state index contributed by atoms with van der Waals surface area (Å²) >= 11 is 0. The number of halogens is 10. The zero-order valence-corrected chi connectivity index (χ0v) is 24.1. The van der Waals surface area contributed by atoms with Gasteiger partial charge in [-0.25, -0.2) is 0 Å². The molecular weight excluding hydrogens is 625 g/mol. The van der Waals surface area contributed by atoms with E-state index in [0.29, 0.717) is 0 Å². The van der Waals surface area contributed by atoms with Gasteiger partial charge in [0.2, 0.25) is 0 Å². The molecule has 6 rings (SSSR count). The first-order valence-electron chi connectivity index (χ1n) is 13.3. The Bertz CT molecular complexity index is 2080. The predicted molar refractivity (Wildman–Crippen MR) is 155 cm³/mol. The van der Waals surface area contributed by atoms with Gasteiger partial charge in [-0.15, -0.1) is 0 Å². The Hall–Kier alpha value is -4.45. The third kappa shape index (κ3) is 4.56. The van der Waals surface area contributed by atoms with E-state index in [9.17, 15) is 26.3 Å². The summed E-state index contributed by atoms with van der Waals surface area (Å²) in [6.45, 7) is 4.98. The third-order valence-corrected chi connectivity index (χ3v) is 9.86. The average Bonchev–Trinajstić information content (AvgIpc) is 3.31. The molecule has 0 aromatic heterocycles. The van der Waals surface area contributed by atoms with Gasteiger partial charge < -0.3 is 0 Å². The van der Waals surface area contributed by atoms with Crippen molar-refractivity contribution < 1.29 is 43.9 Å². The summed E-state index contributed by atoms with van der Waals surface area (Å²) < 4.78 is 147. The second-order valence-electron chi connectivity index (χ2n) is 10.4. The first kappa shape index (κ1) is 30.6. The van der Waals surface area contributed by atoms with Gasteiger partial charge in [-0.2, -0.15) is 0 Å². The summed E-state index contributed by atoms with van der Waals surface area (Å²) in [5, 5.41) is 0.787. The molecule has 5 aromatic carbocycles. The number of rotatable bonds is 4. The standard InChI is InChI=1S/C33H16BF10Si/c1-13-19(22-26(37)30(41)33(44)31(42)27(22)38)20-16-11-7-6-10-15(16)17(21-24(35)28(39)32(43)29(40)25(21)36)12-18(20)23(13)34-45(2)14-8-4-3-5-9-14/h3-12H,1-2H3. The molecule has 45 heavy (non-hydrogen) atoms. The van der Waals surface area contributed by atoms with Gasteiger partial charge >= 0.3 is 252 Å². The van der Waals surface area contributed by atoms with Crippen LogP contribution in [0.25, 0.3) is 27.5 Å². The topological polar surface area (TPSA) is 0 Å². The van der Waals surface area contributed by atoms with Crippen LogP contribution in [0.15, 0.2) is 66.2 Å². The monoisotopic (exact) mass is 641 g/mol. The fourth-order valence-electron chi connectivity index (χ4n) is 5.75. The molecule has 0 bridgehead atoms. The summed E-state index contributed by atoms with van der Waals surface area (Å²) in [6, 6.07) is 15.6. The molecule has 0 nitrogen and oxygen atoms in total. The summed E-state index contributed by atoms with van der Waals surface area (Å²) in [7, 11) is -1.65. The summed E-state index contributed by atoms with van der Waals surface area (Å²) in [5.74, 6) is -21.8. The molecule has 0 fully saturated rings. The van der Waals surface area contributed by atoms with Gasteiger partial charge in [0.05, 0.1) is 0 Å². The van der Waals surface area contributed by atoms with Crippen molar-refractivity contribution in [1.29, 1.82) is 0 Å².